The molecule has 0 heterocycles. The molecule has 214 valence electrons. The maximum atomic E-state index is 14.7. The van der Waals surface area contributed by atoms with Gasteiger partial charge < -0.3 is 4.18 Å². The third-order valence-corrected chi connectivity index (χ3v) is 9.29. The number of hydrogen-bond donors (Lipinski definition) is 1. The van der Waals surface area contributed by atoms with Gasteiger partial charge in [-0.25, -0.2) is 0 Å². The van der Waals surface area contributed by atoms with Gasteiger partial charge in [-0.1, -0.05) is 78.4 Å². The van der Waals surface area contributed by atoms with Crippen molar-refractivity contribution in [3.63, 3.8) is 0 Å². The minimum Gasteiger partial charge on any atom is -0.418 e. The molecule has 2 nitrogen and oxygen atoms in total. The summed E-state index contributed by atoms with van der Waals surface area (Å²) in [5.74, 6) is 1.55. The molecule has 2 rings (SSSR count). The first-order valence-electron chi connectivity index (χ1n) is 13.9. The van der Waals surface area contributed by atoms with Crippen molar-refractivity contribution in [3.8, 4) is 5.75 Å². The summed E-state index contributed by atoms with van der Waals surface area (Å²) in [6.07, 6.45) is 12.8. The lowest BCUT2D eigenvalue weighted by atomic mass is 9.78. The minimum absolute atomic E-state index is 0.0287. The number of nitrogens with one attached hydrogen (secondary N) is 1. The normalized spacial score (nSPS) is 16.4. The molecule has 37 heavy (non-hydrogen) atoms. The summed E-state index contributed by atoms with van der Waals surface area (Å²) < 4.78 is 60.1. The van der Waals surface area contributed by atoms with Crippen LogP contribution in [0.2, 0.25) is 0 Å². The van der Waals surface area contributed by atoms with Gasteiger partial charge in [-0.2, -0.15) is 21.7 Å². The molecule has 1 aliphatic rings. The lowest BCUT2D eigenvalue weighted by Crippen LogP contribution is -2.17. The number of hydrogen-bond acceptors (Lipinski definition) is 5. The summed E-state index contributed by atoms with van der Waals surface area (Å²) in [6.45, 7) is 9.40. The summed E-state index contributed by atoms with van der Waals surface area (Å²) >= 11 is -0.00891. The van der Waals surface area contributed by atoms with Crippen molar-refractivity contribution in [3.05, 3.63) is 28.8 Å². The molecule has 1 N–H and O–H groups in total. The fourth-order valence-corrected chi connectivity index (χ4v) is 7.46. The first-order chi connectivity index (χ1) is 17.5. The van der Waals surface area contributed by atoms with Crippen LogP contribution in [0.5, 0.6) is 5.75 Å². The summed E-state index contributed by atoms with van der Waals surface area (Å²) in [6, 6.07) is 4.49. The van der Waals surface area contributed by atoms with E-state index in [4.69, 9.17) is 4.18 Å². The number of alkyl halides is 4. The van der Waals surface area contributed by atoms with E-state index >= 15 is 0 Å². The van der Waals surface area contributed by atoms with Gasteiger partial charge >= 0.3 is 9.84 Å². The van der Waals surface area contributed by atoms with Gasteiger partial charge in [0.25, 0.3) is 0 Å². The summed E-state index contributed by atoms with van der Waals surface area (Å²) in [5.41, 5.74) is 3.42. The predicted molar refractivity (Wildman–Crippen MR) is 155 cm³/mol. The van der Waals surface area contributed by atoms with Crippen molar-refractivity contribution in [1.82, 2.24) is 4.13 Å². The molecule has 1 aliphatic carbocycles. The molecule has 9 heteroatoms. The quantitative estimate of drug-likeness (QED) is 0.0849. The SMILES string of the molecule is CCCC(CCC)c1cc(C(CC)CCC)c(OSC(F)(F)SNSC(C)(F)F)c(C2CCCCC2)c1. The van der Waals surface area contributed by atoms with Crippen LogP contribution in [0.1, 0.15) is 146 Å². The van der Waals surface area contributed by atoms with E-state index in [0.29, 0.717) is 24.5 Å². The van der Waals surface area contributed by atoms with Crippen molar-refractivity contribution in [2.24, 2.45) is 0 Å². The smallest absolute Gasteiger partial charge is 0.390 e. The lowest BCUT2D eigenvalue weighted by molar-refractivity contribution is 0.128. The van der Waals surface area contributed by atoms with E-state index in [0.717, 1.165) is 81.8 Å². The highest BCUT2D eigenvalue weighted by atomic mass is 32.2. The number of halogens is 4. The topological polar surface area (TPSA) is 21.3 Å². The maximum absolute atomic E-state index is 14.7. The van der Waals surface area contributed by atoms with Gasteiger partial charge in [0, 0.05) is 30.8 Å². The molecule has 0 radical (unpaired) electrons. The van der Waals surface area contributed by atoms with Gasteiger partial charge in [0.2, 0.25) is 0 Å². The molecule has 1 aromatic carbocycles. The predicted octanol–water partition coefficient (Wildman–Crippen LogP) is 11.8. The first-order valence-corrected chi connectivity index (χ1v) is 16.3. The van der Waals surface area contributed by atoms with Crippen LogP contribution in [0.4, 0.5) is 17.6 Å². The maximum Gasteiger partial charge on any atom is 0.390 e. The Morgan fingerprint density at radius 3 is 2.03 bits per heavy atom. The zero-order valence-electron chi connectivity index (χ0n) is 23.0. The third-order valence-electron chi connectivity index (χ3n) is 7.13. The van der Waals surface area contributed by atoms with E-state index < -0.39 is 9.84 Å². The molecule has 1 unspecified atom stereocenters. The average Bonchev–Trinajstić information content (AvgIpc) is 2.85. The van der Waals surface area contributed by atoms with Crippen LogP contribution in [0, 0.1) is 0 Å². The van der Waals surface area contributed by atoms with Gasteiger partial charge in [-0.15, -0.1) is 0 Å². The Labute approximate surface area is 235 Å². The molecule has 0 spiro atoms. The van der Waals surface area contributed by atoms with Crippen LogP contribution >= 0.6 is 35.9 Å². The fourth-order valence-electron chi connectivity index (χ4n) is 5.40. The van der Waals surface area contributed by atoms with Crippen LogP contribution in [0.15, 0.2) is 12.1 Å². The van der Waals surface area contributed by atoms with Crippen molar-refractivity contribution in [1.29, 1.82) is 0 Å². The molecule has 1 saturated carbocycles. The molecule has 0 bridgehead atoms. The molecule has 0 amide bonds. The second-order valence-electron chi connectivity index (χ2n) is 10.3. The van der Waals surface area contributed by atoms with E-state index in [-0.39, 0.29) is 41.9 Å². The second kappa shape index (κ2) is 16.1. The van der Waals surface area contributed by atoms with E-state index in [9.17, 15) is 17.6 Å². The van der Waals surface area contributed by atoms with Gasteiger partial charge in [0.15, 0.2) is 0 Å². The Kier molecular flexibility index (Phi) is 14.4. The molecular weight excluding hydrogens is 539 g/mol. The minimum atomic E-state index is -3.43. The standard InChI is InChI=1S/C28H45F4NOS3/c1-6-13-20(9-4)24-18-23(21(14-7-2)15-8-3)19-25(22-16-11-10-12-17-22)26(24)34-37-28(31,32)36-33-35-27(5,29)30/h18-22,33H,6-17H2,1-5H3. The molecule has 1 atom stereocenters. The molecule has 0 aliphatic heterocycles. The van der Waals surface area contributed by atoms with Crippen molar-refractivity contribution in [2.75, 3.05) is 0 Å². The number of benzene rings is 1. The highest BCUT2D eigenvalue weighted by Gasteiger charge is 2.37. The number of rotatable bonds is 17. The van der Waals surface area contributed by atoms with Crippen LogP contribution in [0.25, 0.3) is 0 Å². The zero-order chi connectivity index (χ0) is 27.5. The van der Waals surface area contributed by atoms with Crippen LogP contribution < -0.4 is 8.31 Å². The van der Waals surface area contributed by atoms with Crippen LogP contribution in [-0.4, -0.2) is 9.84 Å². The van der Waals surface area contributed by atoms with Crippen molar-refractivity contribution >= 4 is 35.9 Å². The highest BCUT2D eigenvalue weighted by Crippen LogP contribution is 2.49. The van der Waals surface area contributed by atoms with Gasteiger partial charge in [0.1, 0.15) is 17.8 Å². The molecule has 0 aromatic heterocycles. The van der Waals surface area contributed by atoms with Gasteiger partial charge in [-0.3, -0.25) is 0 Å². The Bertz CT molecular complexity index is 768. The molecule has 1 fully saturated rings. The van der Waals surface area contributed by atoms with Gasteiger partial charge in [0.05, 0.1) is 0 Å². The Morgan fingerprint density at radius 1 is 0.892 bits per heavy atom. The largest absolute Gasteiger partial charge is 0.418 e. The summed E-state index contributed by atoms with van der Waals surface area (Å²) in [4.78, 5) is 0. The Balaban J connectivity index is 2.50. The van der Waals surface area contributed by atoms with Crippen molar-refractivity contribution in [2.45, 2.75) is 139 Å². The lowest BCUT2D eigenvalue weighted by Gasteiger charge is -2.30. The highest BCUT2D eigenvalue weighted by molar-refractivity contribution is 8.20. The monoisotopic (exact) mass is 583 g/mol. The average molecular weight is 584 g/mol. The molecule has 1 aromatic rings. The van der Waals surface area contributed by atoms with Crippen LogP contribution in [-0.2, 0) is 0 Å². The summed E-state index contributed by atoms with van der Waals surface area (Å²) in [7, 11) is 0. The second-order valence-corrected chi connectivity index (χ2v) is 13.7. The van der Waals surface area contributed by atoms with Crippen molar-refractivity contribution < 1.29 is 21.7 Å². The van der Waals surface area contributed by atoms with Gasteiger partial charge in [-0.05, 0) is 73.0 Å². The van der Waals surface area contributed by atoms with E-state index in [1.807, 2.05) is 4.13 Å². The van der Waals surface area contributed by atoms with E-state index in [1.165, 1.54) is 12.0 Å². The third kappa shape index (κ3) is 11.0. The van der Waals surface area contributed by atoms with Crippen LogP contribution in [0.3, 0.4) is 0 Å². The van der Waals surface area contributed by atoms with E-state index in [2.05, 4.69) is 39.8 Å². The summed E-state index contributed by atoms with van der Waals surface area (Å²) in [5, 5.41) is -3.15. The fraction of sp³-hybridized carbons (Fsp3) is 0.786. The Hall–Kier alpha value is -0.250. The molecular formula is C28H45F4NOS3. The zero-order valence-corrected chi connectivity index (χ0v) is 25.5. The Morgan fingerprint density at radius 2 is 1.49 bits per heavy atom. The molecule has 0 saturated heterocycles. The first kappa shape index (κ1) is 33.0. The van der Waals surface area contributed by atoms with E-state index in [1.54, 1.807) is 0 Å².